The summed E-state index contributed by atoms with van der Waals surface area (Å²) in [7, 11) is 1.37. The number of hydrogen-bond acceptors (Lipinski definition) is 3. The fourth-order valence-electron chi connectivity index (χ4n) is 2.83. The molecule has 7 heteroatoms. The molecule has 2 N–H and O–H groups in total. The second-order valence-corrected chi connectivity index (χ2v) is 7.40. The van der Waals surface area contributed by atoms with Gasteiger partial charge in [0.1, 0.15) is 0 Å². The van der Waals surface area contributed by atoms with E-state index in [0.717, 1.165) is 5.56 Å². The number of rotatable bonds is 7. The number of halogens is 2. The van der Waals surface area contributed by atoms with Gasteiger partial charge in [-0.15, -0.1) is 0 Å². The monoisotopic (exact) mass is 392 g/mol. The zero-order valence-electron chi connectivity index (χ0n) is 16.5. The van der Waals surface area contributed by atoms with Gasteiger partial charge in [0.05, 0.1) is 13.2 Å². The third-order valence-corrected chi connectivity index (χ3v) is 4.17. The molecule has 0 spiro atoms. The van der Waals surface area contributed by atoms with E-state index in [-0.39, 0.29) is 35.5 Å². The molecule has 152 valence electrons. The molecule has 0 aliphatic rings. The van der Waals surface area contributed by atoms with Crippen LogP contribution >= 0.6 is 0 Å². The zero-order valence-corrected chi connectivity index (χ0v) is 16.5. The molecule has 0 heterocycles. The molecule has 0 fully saturated rings. The first-order valence-electron chi connectivity index (χ1n) is 8.91. The van der Waals surface area contributed by atoms with Crippen LogP contribution in [-0.2, 0) is 6.54 Å². The molecule has 0 radical (unpaired) electrons. The van der Waals surface area contributed by atoms with E-state index in [4.69, 9.17) is 4.74 Å². The van der Waals surface area contributed by atoms with Crippen LogP contribution in [-0.4, -0.2) is 19.8 Å². The van der Waals surface area contributed by atoms with Gasteiger partial charge < -0.3 is 20.1 Å². The van der Waals surface area contributed by atoms with E-state index >= 15 is 0 Å². The molecule has 0 aromatic heterocycles. The molecule has 0 aliphatic heterocycles. The minimum atomic E-state index is -2.96. The summed E-state index contributed by atoms with van der Waals surface area (Å²) < 4.78 is 34.6. The van der Waals surface area contributed by atoms with Gasteiger partial charge >= 0.3 is 12.6 Å². The Morgan fingerprint density at radius 1 is 1.07 bits per heavy atom. The maximum absolute atomic E-state index is 12.5. The molecule has 5 nitrogen and oxygen atoms in total. The number of ether oxygens (including phenoxy) is 2. The van der Waals surface area contributed by atoms with Crippen LogP contribution in [0.1, 0.15) is 37.9 Å². The van der Waals surface area contributed by atoms with Crippen LogP contribution in [0.4, 0.5) is 13.6 Å². The van der Waals surface area contributed by atoms with Crippen molar-refractivity contribution in [3.8, 4) is 11.5 Å². The summed E-state index contributed by atoms with van der Waals surface area (Å²) in [5.74, 6) is 0.124. The van der Waals surface area contributed by atoms with Crippen LogP contribution in [0.3, 0.4) is 0 Å². The Kier molecular flexibility index (Phi) is 7.20. The quantitative estimate of drug-likeness (QED) is 0.706. The van der Waals surface area contributed by atoms with Crippen molar-refractivity contribution in [3.05, 3.63) is 59.7 Å². The van der Waals surface area contributed by atoms with E-state index in [1.807, 2.05) is 51.1 Å². The van der Waals surface area contributed by atoms with Gasteiger partial charge in [0.15, 0.2) is 11.5 Å². The summed E-state index contributed by atoms with van der Waals surface area (Å²) in [6.45, 7) is 3.33. The Morgan fingerprint density at radius 2 is 1.75 bits per heavy atom. The summed E-state index contributed by atoms with van der Waals surface area (Å²) in [5, 5.41) is 5.74. The number of nitrogens with one attached hydrogen (secondary N) is 2. The molecule has 0 saturated heterocycles. The number of alkyl halides is 2. The predicted octanol–water partition coefficient (Wildman–Crippen LogP) is 4.88. The van der Waals surface area contributed by atoms with Crippen LogP contribution in [0.15, 0.2) is 48.5 Å². The highest BCUT2D eigenvalue weighted by Crippen LogP contribution is 2.32. The minimum Gasteiger partial charge on any atom is -0.493 e. The molecule has 0 saturated carbocycles. The van der Waals surface area contributed by atoms with Crippen LogP contribution in [0, 0.1) is 5.41 Å². The molecular weight excluding hydrogens is 366 g/mol. The Hall–Kier alpha value is -2.83. The lowest BCUT2D eigenvalue weighted by Crippen LogP contribution is -2.42. The summed E-state index contributed by atoms with van der Waals surface area (Å²) in [6, 6.07) is 13.8. The molecule has 0 unspecified atom stereocenters. The number of carbonyl (C=O) groups is 1. The fourth-order valence-corrected chi connectivity index (χ4v) is 2.83. The Morgan fingerprint density at radius 3 is 2.32 bits per heavy atom. The highest BCUT2D eigenvalue weighted by molar-refractivity contribution is 5.74. The van der Waals surface area contributed by atoms with Crippen molar-refractivity contribution in [1.29, 1.82) is 0 Å². The van der Waals surface area contributed by atoms with Gasteiger partial charge in [0, 0.05) is 6.54 Å². The standard InChI is InChI=1S/C21H26F2N2O3/c1-21(2,3)18(15-8-6-5-7-9-15)25-20(26)24-13-14-10-11-16(27-4)17(12-14)28-19(22)23/h5-12,18-19H,13H2,1-4H3,(H2,24,25,26)/t18-/m1/s1. The van der Waals surface area contributed by atoms with Gasteiger partial charge in [0.25, 0.3) is 0 Å². The van der Waals surface area contributed by atoms with Gasteiger partial charge in [-0.25, -0.2) is 4.79 Å². The van der Waals surface area contributed by atoms with Gasteiger partial charge in [0.2, 0.25) is 0 Å². The van der Waals surface area contributed by atoms with E-state index in [9.17, 15) is 13.6 Å². The number of amides is 2. The van der Waals surface area contributed by atoms with Crippen LogP contribution in [0.25, 0.3) is 0 Å². The molecule has 0 aliphatic carbocycles. The summed E-state index contributed by atoms with van der Waals surface area (Å²) in [5.41, 5.74) is 1.41. The SMILES string of the molecule is COc1ccc(CNC(=O)N[C@H](c2ccccc2)C(C)(C)C)cc1OC(F)F. The van der Waals surface area contributed by atoms with Crippen molar-refractivity contribution in [2.45, 2.75) is 40.0 Å². The van der Waals surface area contributed by atoms with E-state index in [2.05, 4.69) is 15.4 Å². The molecule has 28 heavy (non-hydrogen) atoms. The van der Waals surface area contributed by atoms with Crippen LogP contribution in [0.2, 0.25) is 0 Å². The zero-order chi connectivity index (χ0) is 20.7. The summed E-state index contributed by atoms with van der Waals surface area (Å²) in [4.78, 5) is 12.4. The number of hydrogen-bond donors (Lipinski definition) is 2. The highest BCUT2D eigenvalue weighted by Gasteiger charge is 2.27. The van der Waals surface area contributed by atoms with Gasteiger partial charge in [-0.05, 0) is 28.7 Å². The van der Waals surface area contributed by atoms with Crippen molar-refractivity contribution in [3.63, 3.8) is 0 Å². The molecule has 2 amide bonds. The lowest BCUT2D eigenvalue weighted by molar-refractivity contribution is -0.0512. The molecule has 0 bridgehead atoms. The van der Waals surface area contributed by atoms with E-state index in [0.29, 0.717) is 5.56 Å². The lowest BCUT2D eigenvalue weighted by Gasteiger charge is -2.32. The van der Waals surface area contributed by atoms with E-state index < -0.39 is 6.61 Å². The first-order chi connectivity index (χ1) is 13.2. The smallest absolute Gasteiger partial charge is 0.387 e. The first-order valence-corrected chi connectivity index (χ1v) is 8.91. The Bertz CT molecular complexity index is 777. The first kappa shape index (κ1) is 21.5. The van der Waals surface area contributed by atoms with Gasteiger partial charge in [-0.1, -0.05) is 57.2 Å². The predicted molar refractivity (Wildman–Crippen MR) is 104 cm³/mol. The van der Waals surface area contributed by atoms with Gasteiger partial charge in [-0.2, -0.15) is 8.78 Å². The number of urea groups is 1. The van der Waals surface area contributed by atoms with Crippen molar-refractivity contribution < 1.29 is 23.0 Å². The fraction of sp³-hybridized carbons (Fsp3) is 0.381. The normalized spacial score (nSPS) is 12.4. The average molecular weight is 392 g/mol. The van der Waals surface area contributed by atoms with Gasteiger partial charge in [-0.3, -0.25) is 0 Å². The number of benzene rings is 2. The van der Waals surface area contributed by atoms with Crippen molar-refractivity contribution in [2.75, 3.05) is 7.11 Å². The maximum Gasteiger partial charge on any atom is 0.387 e. The lowest BCUT2D eigenvalue weighted by atomic mass is 9.82. The third kappa shape index (κ3) is 6.11. The van der Waals surface area contributed by atoms with Crippen molar-refractivity contribution in [2.24, 2.45) is 5.41 Å². The second kappa shape index (κ2) is 9.39. The topological polar surface area (TPSA) is 59.6 Å². The largest absolute Gasteiger partial charge is 0.493 e. The van der Waals surface area contributed by atoms with E-state index in [1.54, 1.807) is 6.07 Å². The molecule has 2 aromatic rings. The number of carbonyl (C=O) groups excluding carboxylic acids is 1. The van der Waals surface area contributed by atoms with Crippen LogP contribution < -0.4 is 20.1 Å². The summed E-state index contributed by atoms with van der Waals surface area (Å²) in [6.07, 6.45) is 0. The minimum absolute atomic E-state index is 0.0749. The van der Waals surface area contributed by atoms with E-state index in [1.165, 1.54) is 19.2 Å². The third-order valence-electron chi connectivity index (χ3n) is 4.17. The van der Waals surface area contributed by atoms with Crippen molar-refractivity contribution >= 4 is 6.03 Å². The maximum atomic E-state index is 12.5. The van der Waals surface area contributed by atoms with Crippen LogP contribution in [0.5, 0.6) is 11.5 Å². The highest BCUT2D eigenvalue weighted by atomic mass is 19.3. The second-order valence-electron chi connectivity index (χ2n) is 7.40. The molecule has 1 atom stereocenters. The number of methoxy groups -OCH3 is 1. The van der Waals surface area contributed by atoms with Crippen molar-refractivity contribution in [1.82, 2.24) is 10.6 Å². The Labute approximate surface area is 164 Å². The summed E-state index contributed by atoms with van der Waals surface area (Å²) >= 11 is 0. The molecular formula is C21H26F2N2O3. The molecule has 2 rings (SSSR count). The average Bonchev–Trinajstić information content (AvgIpc) is 2.64. The Balaban J connectivity index is 2.04. The molecule has 2 aromatic carbocycles.